The molecule has 0 atom stereocenters. The fraction of sp³-hybridized carbons (Fsp3) is 0.385. The first-order valence-corrected chi connectivity index (χ1v) is 7.61. The van der Waals surface area contributed by atoms with Gasteiger partial charge in [0.2, 0.25) is 0 Å². The maximum atomic E-state index is 4.27. The van der Waals surface area contributed by atoms with E-state index in [1.165, 1.54) is 5.56 Å². The van der Waals surface area contributed by atoms with Gasteiger partial charge in [-0.1, -0.05) is 40.3 Å². The number of halogens is 1. The summed E-state index contributed by atoms with van der Waals surface area (Å²) in [5, 5.41) is 13.9. The van der Waals surface area contributed by atoms with E-state index in [1.807, 2.05) is 6.07 Å². The van der Waals surface area contributed by atoms with E-state index < -0.39 is 0 Å². The van der Waals surface area contributed by atoms with E-state index in [0.29, 0.717) is 0 Å². The predicted octanol–water partition coefficient (Wildman–Crippen LogP) is 3.78. The Morgan fingerprint density at radius 1 is 1.33 bits per heavy atom. The van der Waals surface area contributed by atoms with Crippen LogP contribution < -0.4 is 5.32 Å². The van der Waals surface area contributed by atoms with Gasteiger partial charge in [-0.2, -0.15) is 0 Å². The Labute approximate surface area is 120 Å². The highest BCUT2D eigenvalue weighted by Crippen LogP contribution is 2.28. The van der Waals surface area contributed by atoms with Gasteiger partial charge in [0, 0.05) is 16.6 Å². The molecule has 3 nitrogen and oxygen atoms in total. The second-order valence-electron chi connectivity index (χ2n) is 4.14. The van der Waals surface area contributed by atoms with Crippen molar-refractivity contribution >= 4 is 27.3 Å². The predicted molar refractivity (Wildman–Crippen MR) is 79.8 cm³/mol. The van der Waals surface area contributed by atoms with Gasteiger partial charge < -0.3 is 5.32 Å². The van der Waals surface area contributed by atoms with Crippen LogP contribution in [0.25, 0.3) is 10.6 Å². The lowest BCUT2D eigenvalue weighted by atomic mass is 10.1. The summed E-state index contributed by atoms with van der Waals surface area (Å²) in [7, 11) is 0. The third-order valence-electron chi connectivity index (χ3n) is 2.59. The SMILES string of the molecule is CCCNCc1nnc(-c2ccc(Br)cc2C)s1. The zero-order valence-corrected chi connectivity index (χ0v) is 12.9. The number of nitrogens with one attached hydrogen (secondary N) is 1. The van der Waals surface area contributed by atoms with Crippen LogP contribution in [-0.4, -0.2) is 16.7 Å². The van der Waals surface area contributed by atoms with Gasteiger partial charge in [0.1, 0.15) is 10.0 Å². The van der Waals surface area contributed by atoms with Gasteiger partial charge in [-0.3, -0.25) is 0 Å². The first kappa shape index (κ1) is 13.6. The molecule has 2 rings (SSSR count). The molecule has 18 heavy (non-hydrogen) atoms. The van der Waals surface area contributed by atoms with Crippen LogP contribution in [0.4, 0.5) is 0 Å². The van der Waals surface area contributed by atoms with Crippen molar-refractivity contribution in [1.29, 1.82) is 0 Å². The molecule has 0 radical (unpaired) electrons. The number of aromatic nitrogens is 2. The highest BCUT2D eigenvalue weighted by molar-refractivity contribution is 9.10. The molecule has 0 amide bonds. The number of hydrogen-bond donors (Lipinski definition) is 1. The van der Waals surface area contributed by atoms with Crippen LogP contribution in [0.2, 0.25) is 0 Å². The van der Waals surface area contributed by atoms with Crippen molar-refractivity contribution in [3.63, 3.8) is 0 Å². The van der Waals surface area contributed by atoms with Crippen molar-refractivity contribution in [2.75, 3.05) is 6.54 Å². The Kier molecular flexibility index (Phi) is 4.86. The largest absolute Gasteiger partial charge is 0.310 e. The van der Waals surface area contributed by atoms with Crippen LogP contribution >= 0.6 is 27.3 Å². The zero-order valence-electron chi connectivity index (χ0n) is 10.5. The van der Waals surface area contributed by atoms with E-state index in [0.717, 1.165) is 39.6 Å². The summed E-state index contributed by atoms with van der Waals surface area (Å²) in [6, 6.07) is 6.23. The van der Waals surface area contributed by atoms with Crippen molar-refractivity contribution in [2.24, 2.45) is 0 Å². The molecule has 0 aliphatic carbocycles. The van der Waals surface area contributed by atoms with E-state index in [-0.39, 0.29) is 0 Å². The van der Waals surface area contributed by atoms with Crippen molar-refractivity contribution < 1.29 is 0 Å². The zero-order chi connectivity index (χ0) is 13.0. The Hall–Kier alpha value is -0.780. The summed E-state index contributed by atoms with van der Waals surface area (Å²) in [6.07, 6.45) is 1.14. The molecule has 1 aromatic carbocycles. The third kappa shape index (κ3) is 3.37. The van der Waals surface area contributed by atoms with Crippen LogP contribution in [-0.2, 0) is 6.54 Å². The molecule has 0 aliphatic rings. The molecule has 1 aromatic heterocycles. The van der Waals surface area contributed by atoms with Crippen molar-refractivity contribution in [3.05, 3.63) is 33.2 Å². The summed E-state index contributed by atoms with van der Waals surface area (Å²) < 4.78 is 1.10. The average molecular weight is 326 g/mol. The number of hydrogen-bond acceptors (Lipinski definition) is 4. The molecular formula is C13H16BrN3S. The fourth-order valence-electron chi connectivity index (χ4n) is 1.67. The van der Waals surface area contributed by atoms with Gasteiger partial charge in [-0.05, 0) is 37.6 Å². The summed E-state index contributed by atoms with van der Waals surface area (Å²) in [4.78, 5) is 0. The summed E-state index contributed by atoms with van der Waals surface area (Å²) in [6.45, 7) is 6.08. The maximum absolute atomic E-state index is 4.27. The van der Waals surface area contributed by atoms with Crippen LogP contribution in [0.1, 0.15) is 23.9 Å². The number of benzene rings is 1. The molecule has 0 bridgehead atoms. The number of nitrogens with zero attached hydrogens (tertiary/aromatic N) is 2. The van der Waals surface area contributed by atoms with E-state index in [2.05, 4.69) is 57.4 Å². The van der Waals surface area contributed by atoms with Crippen molar-refractivity contribution in [3.8, 4) is 10.6 Å². The number of rotatable bonds is 5. The topological polar surface area (TPSA) is 37.8 Å². The molecule has 0 unspecified atom stereocenters. The standard InChI is InChI=1S/C13H16BrN3S/c1-3-6-15-8-12-16-17-13(18-12)11-5-4-10(14)7-9(11)2/h4-5,7,15H,3,6,8H2,1-2H3. The smallest absolute Gasteiger partial charge is 0.148 e. The number of aryl methyl sites for hydroxylation is 1. The van der Waals surface area contributed by atoms with Crippen LogP contribution in [0, 0.1) is 6.92 Å². The quantitative estimate of drug-likeness (QED) is 0.850. The highest BCUT2D eigenvalue weighted by Gasteiger charge is 2.08. The Bertz CT molecular complexity index is 525. The van der Waals surface area contributed by atoms with Gasteiger partial charge in [-0.15, -0.1) is 10.2 Å². The molecule has 96 valence electrons. The Morgan fingerprint density at radius 2 is 2.17 bits per heavy atom. The maximum Gasteiger partial charge on any atom is 0.148 e. The second kappa shape index (κ2) is 6.41. The van der Waals surface area contributed by atoms with E-state index >= 15 is 0 Å². The fourth-order valence-corrected chi connectivity index (χ4v) is 3.05. The lowest BCUT2D eigenvalue weighted by Crippen LogP contribution is -2.13. The van der Waals surface area contributed by atoms with E-state index in [9.17, 15) is 0 Å². The monoisotopic (exact) mass is 325 g/mol. The Balaban J connectivity index is 2.13. The van der Waals surface area contributed by atoms with E-state index in [1.54, 1.807) is 11.3 Å². The second-order valence-corrected chi connectivity index (χ2v) is 6.11. The molecule has 0 fully saturated rings. The van der Waals surface area contributed by atoms with Crippen molar-refractivity contribution in [2.45, 2.75) is 26.8 Å². The van der Waals surface area contributed by atoms with Gasteiger partial charge in [-0.25, -0.2) is 0 Å². The van der Waals surface area contributed by atoms with Gasteiger partial charge in [0.25, 0.3) is 0 Å². The summed E-state index contributed by atoms with van der Waals surface area (Å²) in [5.74, 6) is 0. The molecule has 0 aliphatic heterocycles. The van der Waals surface area contributed by atoms with Gasteiger partial charge >= 0.3 is 0 Å². The highest BCUT2D eigenvalue weighted by atomic mass is 79.9. The molecule has 1 N–H and O–H groups in total. The summed E-state index contributed by atoms with van der Waals surface area (Å²) in [5.41, 5.74) is 2.38. The molecule has 5 heteroatoms. The average Bonchev–Trinajstić information content (AvgIpc) is 2.78. The third-order valence-corrected chi connectivity index (χ3v) is 4.04. The van der Waals surface area contributed by atoms with Gasteiger partial charge in [0.05, 0.1) is 0 Å². The first-order valence-electron chi connectivity index (χ1n) is 6.00. The normalized spacial score (nSPS) is 10.8. The minimum Gasteiger partial charge on any atom is -0.310 e. The molecule has 0 spiro atoms. The van der Waals surface area contributed by atoms with Crippen LogP contribution in [0.3, 0.4) is 0 Å². The summed E-state index contributed by atoms with van der Waals surface area (Å²) >= 11 is 5.13. The molecule has 0 saturated heterocycles. The van der Waals surface area contributed by atoms with Crippen LogP contribution in [0.15, 0.2) is 22.7 Å². The molecule has 2 aromatic rings. The minimum absolute atomic E-state index is 0.807. The van der Waals surface area contributed by atoms with Crippen LogP contribution in [0.5, 0.6) is 0 Å². The first-order chi connectivity index (χ1) is 8.70. The lowest BCUT2D eigenvalue weighted by molar-refractivity contribution is 0.668. The molecule has 0 saturated carbocycles. The van der Waals surface area contributed by atoms with Crippen molar-refractivity contribution in [1.82, 2.24) is 15.5 Å². The molecule has 1 heterocycles. The molecular weight excluding hydrogens is 310 g/mol. The lowest BCUT2D eigenvalue weighted by Gasteiger charge is -2.01. The van der Waals surface area contributed by atoms with Gasteiger partial charge in [0.15, 0.2) is 0 Å². The Morgan fingerprint density at radius 3 is 2.89 bits per heavy atom. The minimum atomic E-state index is 0.807. The van der Waals surface area contributed by atoms with E-state index in [4.69, 9.17) is 0 Å².